The summed E-state index contributed by atoms with van der Waals surface area (Å²) in [6.07, 6.45) is 6.82. The van der Waals surface area contributed by atoms with Gasteiger partial charge in [-0.15, -0.1) is 20.4 Å². The first-order valence-electron chi connectivity index (χ1n) is 22.7. The quantitative estimate of drug-likeness (QED) is 0.0951. The number of aromatic nitrogens is 5. The third-order valence-corrected chi connectivity index (χ3v) is 10.1. The molecule has 23 nitrogen and oxygen atoms in total. The minimum Gasteiger partial charge on any atom is -0.483 e. The molecule has 1 fully saturated rings. The topological polar surface area (TPSA) is 298 Å². The maximum atomic E-state index is 13.1. The minimum absolute atomic E-state index is 0.0335. The Morgan fingerprint density at radius 2 is 1.34 bits per heavy atom. The molecule has 1 saturated heterocycles. The molecule has 0 aromatic carbocycles. The fourth-order valence-corrected chi connectivity index (χ4v) is 6.67. The van der Waals surface area contributed by atoms with E-state index in [2.05, 4.69) is 51.2 Å². The minimum atomic E-state index is -0.912. The van der Waals surface area contributed by atoms with Crippen LogP contribution in [0.15, 0.2) is 35.5 Å². The van der Waals surface area contributed by atoms with Gasteiger partial charge in [-0.2, -0.15) is 0 Å². The number of rotatable bonds is 21. The van der Waals surface area contributed by atoms with Crippen LogP contribution in [0.2, 0.25) is 0 Å². The first-order valence-corrected chi connectivity index (χ1v) is 22.7. The van der Waals surface area contributed by atoms with Gasteiger partial charge < -0.3 is 40.9 Å². The molecule has 3 amide bonds. The molecule has 2 aliphatic heterocycles. The summed E-state index contributed by atoms with van der Waals surface area (Å²) in [6.45, 7) is 17.9. The van der Waals surface area contributed by atoms with Crippen molar-refractivity contribution in [2.45, 2.75) is 72.8 Å². The van der Waals surface area contributed by atoms with E-state index in [0.29, 0.717) is 101 Å². The van der Waals surface area contributed by atoms with E-state index in [9.17, 15) is 34.2 Å². The molecule has 0 saturated carbocycles. The van der Waals surface area contributed by atoms with Crippen LogP contribution in [-0.4, -0.2) is 213 Å². The fraction of sp³-hybridized carbons (Fsp3) is 0.636. The van der Waals surface area contributed by atoms with Crippen molar-refractivity contribution in [1.29, 1.82) is 0 Å². The molecule has 2 aliphatic rings. The van der Waals surface area contributed by atoms with Gasteiger partial charge in [-0.05, 0) is 57.4 Å². The number of hydrogen-bond donors (Lipinski definition) is 6. The molecule has 372 valence electrons. The van der Waals surface area contributed by atoms with E-state index in [-0.39, 0.29) is 75.0 Å². The molecule has 1 atom stereocenters. The summed E-state index contributed by atoms with van der Waals surface area (Å²) in [5.74, 6) is -1.94. The van der Waals surface area contributed by atoms with Gasteiger partial charge in [0.25, 0.3) is 6.47 Å². The summed E-state index contributed by atoms with van der Waals surface area (Å²) in [7, 11) is 0. The summed E-state index contributed by atoms with van der Waals surface area (Å²) >= 11 is 0. The number of amides is 3. The molecule has 2 aromatic heterocycles. The largest absolute Gasteiger partial charge is 0.483 e. The third kappa shape index (κ3) is 24.5. The SMILES string of the molecule is CC.CCN1CCN(CC(=O)O)CCN(CC(=O)NCC(C)COCC(C)(C)NC(=O)CCCC(=O)Nc2ccc(-c3nnc(C4=NCCC=C4)nn3)nc2)CCN(CC(=O)O)CC1.O=CO. The summed E-state index contributed by atoms with van der Waals surface area (Å²) in [5.41, 5.74) is 0.889. The average molecular weight is 942 g/mol. The summed E-state index contributed by atoms with van der Waals surface area (Å²) in [5, 5.41) is 50.9. The van der Waals surface area contributed by atoms with Crippen molar-refractivity contribution in [3.8, 4) is 11.5 Å². The molecule has 1 unspecified atom stereocenters. The summed E-state index contributed by atoms with van der Waals surface area (Å²) in [6, 6.07) is 3.33. The number of aliphatic imine (C=N–C) groups is 1. The molecular formula is C44H71N13O10. The predicted octanol–water partition coefficient (Wildman–Crippen LogP) is 0.988. The standard InChI is InChI=1S/C41H63N13O8.C2H6.CH2O2/c1-5-51-15-17-53(26-37(58)59)21-19-52(20-22-54(18-16-51)27-38(60)61)25-36(57)44-23-30(2)28-62-29-41(3,4)46-35(56)11-8-10-34(55)45-31-12-13-33(43-24-31)40-49-47-39(48-50-40)32-9-6-7-14-42-32;1-2;2-1-3/h6,9,12-13,24,30H,5,7-8,10-11,14-23,25-29H2,1-4H3,(H,44,57)(H,45,55)(H,46,56)(H,58,59)(H,60,61);1-2H3;1H,(H,2,3). The van der Waals surface area contributed by atoms with Crippen LogP contribution in [0, 0.1) is 5.92 Å². The average Bonchev–Trinajstić information content (AvgIpc) is 3.29. The number of anilines is 1. The van der Waals surface area contributed by atoms with E-state index in [0.717, 1.165) is 13.0 Å². The normalized spacial score (nSPS) is 15.9. The van der Waals surface area contributed by atoms with Crippen LogP contribution in [-0.2, 0) is 33.5 Å². The molecule has 0 radical (unpaired) electrons. The number of aliphatic carboxylic acids is 2. The van der Waals surface area contributed by atoms with Crippen LogP contribution < -0.4 is 16.0 Å². The molecule has 67 heavy (non-hydrogen) atoms. The Hall–Kier alpha value is -5.88. The number of hydrogen-bond acceptors (Lipinski definition) is 17. The van der Waals surface area contributed by atoms with E-state index >= 15 is 0 Å². The van der Waals surface area contributed by atoms with Gasteiger partial charge in [-0.25, -0.2) is 0 Å². The van der Waals surface area contributed by atoms with Crippen LogP contribution in [0.1, 0.15) is 73.1 Å². The number of carbonyl (C=O) groups is 6. The van der Waals surface area contributed by atoms with Crippen LogP contribution in [0.4, 0.5) is 5.69 Å². The van der Waals surface area contributed by atoms with E-state index in [1.54, 1.807) is 12.1 Å². The summed E-state index contributed by atoms with van der Waals surface area (Å²) in [4.78, 5) is 86.4. The van der Waals surface area contributed by atoms with Crippen molar-refractivity contribution in [3.63, 3.8) is 0 Å². The van der Waals surface area contributed by atoms with Crippen molar-refractivity contribution in [2.75, 3.05) is 110 Å². The number of allylic oxidation sites excluding steroid dienone is 1. The molecular weight excluding hydrogens is 871 g/mol. The van der Waals surface area contributed by atoms with Crippen LogP contribution in [0.3, 0.4) is 0 Å². The number of carbonyl (C=O) groups excluding carboxylic acids is 3. The Bertz CT molecular complexity index is 1850. The zero-order chi connectivity index (χ0) is 49.6. The van der Waals surface area contributed by atoms with Crippen molar-refractivity contribution < 1.29 is 48.8 Å². The van der Waals surface area contributed by atoms with Gasteiger partial charge >= 0.3 is 11.9 Å². The van der Waals surface area contributed by atoms with Gasteiger partial charge in [-0.3, -0.25) is 53.4 Å². The van der Waals surface area contributed by atoms with E-state index in [1.807, 2.05) is 68.4 Å². The van der Waals surface area contributed by atoms with Crippen LogP contribution in [0.25, 0.3) is 11.5 Å². The highest BCUT2D eigenvalue weighted by molar-refractivity contribution is 6.06. The number of nitrogens with zero attached hydrogens (tertiary/aromatic N) is 10. The maximum Gasteiger partial charge on any atom is 0.317 e. The molecule has 23 heteroatoms. The highest BCUT2D eigenvalue weighted by Crippen LogP contribution is 2.15. The lowest BCUT2D eigenvalue weighted by atomic mass is 10.1. The number of pyridine rings is 1. The van der Waals surface area contributed by atoms with Crippen molar-refractivity contribution >= 4 is 47.5 Å². The second-order valence-electron chi connectivity index (χ2n) is 16.4. The van der Waals surface area contributed by atoms with Gasteiger partial charge in [0.2, 0.25) is 29.4 Å². The third-order valence-electron chi connectivity index (χ3n) is 10.1. The maximum absolute atomic E-state index is 13.1. The Labute approximate surface area is 392 Å². The number of dihydropyridines is 1. The van der Waals surface area contributed by atoms with Crippen molar-refractivity contribution in [2.24, 2.45) is 10.9 Å². The lowest BCUT2D eigenvalue weighted by Crippen LogP contribution is -2.49. The van der Waals surface area contributed by atoms with Gasteiger partial charge in [0.15, 0.2) is 0 Å². The Morgan fingerprint density at radius 3 is 1.85 bits per heavy atom. The number of carboxylic acid groups (broad SMARTS) is 3. The predicted molar refractivity (Wildman–Crippen MR) is 250 cm³/mol. The zero-order valence-electron chi connectivity index (χ0n) is 39.9. The molecule has 6 N–H and O–H groups in total. The molecule has 0 bridgehead atoms. The highest BCUT2D eigenvalue weighted by Gasteiger charge is 2.23. The Balaban J connectivity index is 0.00000296. The number of likely N-dealkylation sites (N-methyl/N-ethyl adjacent to an activating group) is 1. The van der Waals surface area contributed by atoms with Gasteiger partial charge in [-0.1, -0.05) is 33.8 Å². The van der Waals surface area contributed by atoms with Gasteiger partial charge in [0.05, 0.1) is 50.3 Å². The first kappa shape index (κ1) is 57.2. The van der Waals surface area contributed by atoms with E-state index in [4.69, 9.17) is 14.6 Å². The highest BCUT2D eigenvalue weighted by atomic mass is 16.5. The van der Waals surface area contributed by atoms with Crippen LogP contribution in [0.5, 0.6) is 0 Å². The van der Waals surface area contributed by atoms with Gasteiger partial charge in [0, 0.05) is 78.3 Å². The Morgan fingerprint density at radius 1 is 0.806 bits per heavy atom. The molecule has 0 spiro atoms. The molecule has 4 heterocycles. The van der Waals surface area contributed by atoms with Crippen LogP contribution >= 0.6 is 0 Å². The zero-order valence-corrected chi connectivity index (χ0v) is 39.9. The lowest BCUT2D eigenvalue weighted by molar-refractivity contribution is -0.139. The number of nitrogens with one attached hydrogen (secondary N) is 3. The molecule has 4 rings (SSSR count). The first-order chi connectivity index (χ1) is 32.1. The lowest BCUT2D eigenvalue weighted by Gasteiger charge is -2.33. The van der Waals surface area contributed by atoms with Gasteiger partial charge in [0.1, 0.15) is 11.4 Å². The van der Waals surface area contributed by atoms with E-state index in [1.165, 1.54) is 6.20 Å². The van der Waals surface area contributed by atoms with Crippen molar-refractivity contribution in [3.05, 3.63) is 36.3 Å². The Kier molecular flexibility index (Phi) is 27.3. The molecule has 0 aliphatic carbocycles. The second-order valence-corrected chi connectivity index (χ2v) is 16.4. The second kappa shape index (κ2) is 31.9. The monoisotopic (exact) mass is 942 g/mol. The summed E-state index contributed by atoms with van der Waals surface area (Å²) < 4.78 is 5.92. The number of ether oxygens (including phenoxy) is 1. The number of carboxylic acids is 2. The van der Waals surface area contributed by atoms with E-state index < -0.39 is 17.5 Å². The smallest absolute Gasteiger partial charge is 0.317 e. The fourth-order valence-electron chi connectivity index (χ4n) is 6.67. The van der Waals surface area contributed by atoms with Crippen molar-refractivity contribution in [1.82, 2.24) is 55.6 Å². The molecule has 2 aromatic rings.